The first-order valence-corrected chi connectivity index (χ1v) is 2.67. The number of allylic oxidation sites excluding steroid dienone is 1. The smallest absolute Gasteiger partial charge is 0.0876 e. The number of hydrogen-bond acceptors (Lipinski definition) is 1. The Bertz CT molecular complexity index is 84.2. The third kappa shape index (κ3) is 1.22. The zero-order valence-electron chi connectivity index (χ0n) is 4.61. The summed E-state index contributed by atoms with van der Waals surface area (Å²) in [6.45, 7) is 3.01. The van der Waals surface area contributed by atoms with Crippen molar-refractivity contribution in [1.29, 1.82) is 0 Å². The summed E-state index contributed by atoms with van der Waals surface area (Å²) in [6.07, 6.45) is 4.27. The molecule has 0 unspecified atom stereocenters. The summed E-state index contributed by atoms with van der Waals surface area (Å²) >= 11 is 0. The van der Waals surface area contributed by atoms with E-state index in [-0.39, 0.29) is 0 Å². The van der Waals surface area contributed by atoms with Crippen LogP contribution in [0.2, 0.25) is 0 Å². The highest BCUT2D eigenvalue weighted by Crippen LogP contribution is 2.08. The zero-order chi connectivity index (χ0) is 5.11. The van der Waals surface area contributed by atoms with Crippen molar-refractivity contribution in [3.05, 3.63) is 11.8 Å². The molecule has 0 aliphatic carbocycles. The maximum absolute atomic E-state index is 5.02. The summed E-state index contributed by atoms with van der Waals surface area (Å²) in [5, 5.41) is 0. The molecule has 0 fully saturated rings. The van der Waals surface area contributed by atoms with Gasteiger partial charge in [-0.2, -0.15) is 0 Å². The van der Waals surface area contributed by atoms with Gasteiger partial charge in [-0.15, -0.1) is 0 Å². The molecule has 0 spiro atoms. The van der Waals surface area contributed by atoms with Gasteiger partial charge in [-0.25, -0.2) is 0 Å². The van der Waals surface area contributed by atoms with Crippen molar-refractivity contribution in [2.75, 3.05) is 6.61 Å². The molecule has 0 radical (unpaired) electrons. The van der Waals surface area contributed by atoms with Gasteiger partial charge in [-0.05, 0) is 25.3 Å². The van der Waals surface area contributed by atoms with Gasteiger partial charge in [0.2, 0.25) is 0 Å². The maximum Gasteiger partial charge on any atom is 0.0876 e. The highest BCUT2D eigenvalue weighted by atomic mass is 16.5. The van der Waals surface area contributed by atoms with Crippen molar-refractivity contribution in [1.82, 2.24) is 0 Å². The number of rotatable bonds is 0. The normalized spacial score (nSPS) is 20.4. The second-order valence-corrected chi connectivity index (χ2v) is 1.94. The molecule has 0 amide bonds. The second-order valence-electron chi connectivity index (χ2n) is 1.94. The third-order valence-corrected chi connectivity index (χ3v) is 1.12. The highest BCUT2D eigenvalue weighted by Gasteiger charge is 1.95. The fourth-order valence-electron chi connectivity index (χ4n) is 0.694. The van der Waals surface area contributed by atoms with Gasteiger partial charge in [0, 0.05) is 0 Å². The standard InChI is InChI=1S/C6H10O/c1-6-3-2-4-7-5-6/h5H,2-4H2,1H3. The molecule has 1 aliphatic heterocycles. The molecule has 0 aromatic heterocycles. The Morgan fingerprint density at radius 3 is 2.86 bits per heavy atom. The first kappa shape index (κ1) is 4.69. The lowest BCUT2D eigenvalue weighted by atomic mass is 10.2. The van der Waals surface area contributed by atoms with Crippen LogP contribution in [-0.4, -0.2) is 6.61 Å². The van der Waals surface area contributed by atoms with E-state index in [1.807, 2.05) is 6.26 Å². The van der Waals surface area contributed by atoms with Crippen LogP contribution in [0.1, 0.15) is 19.8 Å². The third-order valence-electron chi connectivity index (χ3n) is 1.12. The highest BCUT2D eigenvalue weighted by molar-refractivity contribution is 4.94. The Hall–Kier alpha value is -0.460. The summed E-state index contributed by atoms with van der Waals surface area (Å²) in [5.41, 5.74) is 1.37. The Balaban J connectivity index is 2.40. The summed E-state index contributed by atoms with van der Waals surface area (Å²) < 4.78 is 5.02. The predicted molar refractivity (Wildman–Crippen MR) is 28.9 cm³/mol. The van der Waals surface area contributed by atoms with Gasteiger partial charge in [-0.3, -0.25) is 0 Å². The van der Waals surface area contributed by atoms with E-state index in [2.05, 4.69) is 6.92 Å². The van der Waals surface area contributed by atoms with Crippen LogP contribution in [-0.2, 0) is 4.74 Å². The summed E-state index contributed by atoms with van der Waals surface area (Å²) in [4.78, 5) is 0. The first-order chi connectivity index (χ1) is 3.39. The van der Waals surface area contributed by atoms with Crippen LogP contribution < -0.4 is 0 Å². The van der Waals surface area contributed by atoms with Crippen LogP contribution in [0.3, 0.4) is 0 Å². The monoisotopic (exact) mass is 98.1 g/mol. The van der Waals surface area contributed by atoms with E-state index in [1.54, 1.807) is 0 Å². The average Bonchev–Trinajstić information content (AvgIpc) is 1.69. The maximum atomic E-state index is 5.02. The molecule has 0 saturated heterocycles. The van der Waals surface area contributed by atoms with Crippen molar-refractivity contribution >= 4 is 0 Å². The van der Waals surface area contributed by atoms with Crippen LogP contribution in [0.5, 0.6) is 0 Å². The minimum Gasteiger partial charge on any atom is -0.501 e. The van der Waals surface area contributed by atoms with Crippen molar-refractivity contribution in [3.63, 3.8) is 0 Å². The van der Waals surface area contributed by atoms with Crippen LogP contribution >= 0.6 is 0 Å². The van der Waals surface area contributed by atoms with Gasteiger partial charge >= 0.3 is 0 Å². The number of hydrogen-bond donors (Lipinski definition) is 0. The van der Waals surface area contributed by atoms with Gasteiger partial charge in [0.25, 0.3) is 0 Å². The fourth-order valence-corrected chi connectivity index (χ4v) is 0.694. The molecule has 0 aromatic rings. The Kier molecular flexibility index (Phi) is 1.35. The van der Waals surface area contributed by atoms with Gasteiger partial charge in [0.05, 0.1) is 12.9 Å². The van der Waals surface area contributed by atoms with E-state index < -0.39 is 0 Å². The van der Waals surface area contributed by atoms with E-state index in [9.17, 15) is 0 Å². The van der Waals surface area contributed by atoms with Gasteiger partial charge in [0.1, 0.15) is 0 Å². The lowest BCUT2D eigenvalue weighted by Gasteiger charge is -2.08. The lowest BCUT2D eigenvalue weighted by molar-refractivity contribution is 0.225. The van der Waals surface area contributed by atoms with Crippen LogP contribution in [0.25, 0.3) is 0 Å². The van der Waals surface area contributed by atoms with Crippen molar-refractivity contribution in [2.24, 2.45) is 0 Å². The van der Waals surface area contributed by atoms with Crippen molar-refractivity contribution in [2.45, 2.75) is 19.8 Å². The van der Waals surface area contributed by atoms with Crippen LogP contribution in [0.4, 0.5) is 0 Å². The molecule has 1 aliphatic rings. The molecule has 0 saturated carbocycles. The van der Waals surface area contributed by atoms with Crippen LogP contribution in [0, 0.1) is 0 Å². The second kappa shape index (κ2) is 2.01. The van der Waals surface area contributed by atoms with E-state index in [0.29, 0.717) is 0 Å². The Morgan fingerprint density at radius 1 is 1.71 bits per heavy atom. The Labute approximate surface area is 44.0 Å². The SMILES string of the molecule is CC1=COCCC1. The lowest BCUT2D eigenvalue weighted by Crippen LogP contribution is -1.95. The molecular formula is C6H10O. The summed E-state index contributed by atoms with van der Waals surface area (Å²) in [7, 11) is 0. The molecule has 1 nitrogen and oxygen atoms in total. The molecule has 1 heterocycles. The molecule has 1 rings (SSSR count). The minimum absolute atomic E-state index is 0.914. The number of ether oxygens (including phenoxy) is 1. The predicted octanol–water partition coefficient (Wildman–Crippen LogP) is 1.70. The first-order valence-electron chi connectivity index (χ1n) is 2.67. The molecule has 0 bridgehead atoms. The van der Waals surface area contributed by atoms with Crippen LogP contribution in [0.15, 0.2) is 11.8 Å². The topological polar surface area (TPSA) is 9.23 Å². The summed E-state index contributed by atoms with van der Waals surface area (Å²) in [5.74, 6) is 0. The average molecular weight is 98.1 g/mol. The van der Waals surface area contributed by atoms with E-state index in [0.717, 1.165) is 6.61 Å². The molecule has 0 N–H and O–H groups in total. The largest absolute Gasteiger partial charge is 0.501 e. The molecule has 0 atom stereocenters. The van der Waals surface area contributed by atoms with Gasteiger partial charge < -0.3 is 4.74 Å². The molecular weight excluding hydrogens is 88.1 g/mol. The molecule has 40 valence electrons. The minimum atomic E-state index is 0.914. The van der Waals surface area contributed by atoms with Gasteiger partial charge in [0.15, 0.2) is 0 Å². The Morgan fingerprint density at radius 2 is 2.57 bits per heavy atom. The fraction of sp³-hybridized carbons (Fsp3) is 0.667. The zero-order valence-corrected chi connectivity index (χ0v) is 4.61. The molecule has 0 aromatic carbocycles. The van der Waals surface area contributed by atoms with E-state index in [4.69, 9.17) is 4.74 Å². The van der Waals surface area contributed by atoms with E-state index >= 15 is 0 Å². The van der Waals surface area contributed by atoms with E-state index in [1.165, 1.54) is 18.4 Å². The molecule has 1 heteroatoms. The summed E-state index contributed by atoms with van der Waals surface area (Å²) in [6, 6.07) is 0. The van der Waals surface area contributed by atoms with Crippen molar-refractivity contribution in [3.8, 4) is 0 Å². The van der Waals surface area contributed by atoms with Gasteiger partial charge in [-0.1, -0.05) is 0 Å². The van der Waals surface area contributed by atoms with Crippen molar-refractivity contribution < 1.29 is 4.74 Å². The quantitative estimate of drug-likeness (QED) is 0.448. The molecule has 7 heavy (non-hydrogen) atoms.